The number of nitrogens with two attached hydrogens (primary N) is 1. The molecule has 3 heterocycles. The van der Waals surface area contributed by atoms with Crippen LogP contribution in [0.15, 0.2) is 83.9 Å². The monoisotopic (exact) mass is 447 g/mol. The van der Waals surface area contributed by atoms with Crippen molar-refractivity contribution in [3.05, 3.63) is 89.4 Å². The van der Waals surface area contributed by atoms with Crippen molar-refractivity contribution >= 4 is 44.9 Å². The van der Waals surface area contributed by atoms with Crippen LogP contribution in [0.1, 0.15) is 5.56 Å². The number of rotatable bonds is 6. The van der Waals surface area contributed by atoms with Crippen LogP contribution in [-0.4, -0.2) is 19.9 Å². The molecular weight excluding hydrogens is 430 g/mol. The second kappa shape index (κ2) is 8.66. The highest BCUT2D eigenvalue weighted by atomic mass is 79.9. The molecule has 0 radical (unpaired) electrons. The highest BCUT2D eigenvalue weighted by molar-refractivity contribution is 9.10. The number of anilines is 5. The van der Waals surface area contributed by atoms with Crippen LogP contribution in [0.2, 0.25) is 0 Å². The molecule has 0 saturated heterocycles. The summed E-state index contributed by atoms with van der Waals surface area (Å²) in [6.45, 7) is 0.565. The van der Waals surface area contributed by atoms with Gasteiger partial charge in [-0.15, -0.1) is 0 Å². The van der Waals surface area contributed by atoms with E-state index in [1.54, 1.807) is 12.4 Å². The lowest BCUT2D eigenvalue weighted by atomic mass is 10.2. The molecular formula is C21H18BrN7. The van der Waals surface area contributed by atoms with E-state index >= 15 is 0 Å². The molecule has 3 aromatic heterocycles. The predicted molar refractivity (Wildman–Crippen MR) is 118 cm³/mol. The van der Waals surface area contributed by atoms with E-state index in [1.165, 1.54) is 6.33 Å². The molecule has 8 heteroatoms. The van der Waals surface area contributed by atoms with E-state index in [1.807, 2.05) is 53.4 Å². The molecule has 144 valence electrons. The number of aromatic nitrogens is 4. The summed E-state index contributed by atoms with van der Waals surface area (Å²) in [6.07, 6.45) is 4.93. The van der Waals surface area contributed by atoms with E-state index in [0.717, 1.165) is 15.9 Å². The van der Waals surface area contributed by atoms with Gasteiger partial charge in [0.15, 0.2) is 11.6 Å². The third-order valence-electron chi connectivity index (χ3n) is 4.20. The van der Waals surface area contributed by atoms with Gasteiger partial charge in [-0.3, -0.25) is 0 Å². The van der Waals surface area contributed by atoms with Gasteiger partial charge in [0, 0.05) is 16.9 Å². The molecule has 0 saturated carbocycles. The van der Waals surface area contributed by atoms with E-state index in [4.69, 9.17) is 5.73 Å². The number of nitrogens with zero attached hydrogens (tertiary/aromatic N) is 5. The van der Waals surface area contributed by atoms with Gasteiger partial charge >= 0.3 is 0 Å². The number of hydrogen-bond donors (Lipinski definition) is 2. The van der Waals surface area contributed by atoms with Crippen molar-refractivity contribution in [2.45, 2.75) is 6.54 Å². The molecule has 0 spiro atoms. The maximum atomic E-state index is 6.46. The fraction of sp³-hybridized carbons (Fsp3) is 0.0476. The third-order valence-corrected chi connectivity index (χ3v) is 4.67. The summed E-state index contributed by atoms with van der Waals surface area (Å²) in [5, 5.41) is 3.15. The highest BCUT2D eigenvalue weighted by Crippen LogP contribution is 2.33. The third kappa shape index (κ3) is 4.49. The van der Waals surface area contributed by atoms with Gasteiger partial charge in [-0.05, 0) is 45.8 Å². The number of halogens is 1. The Labute approximate surface area is 176 Å². The largest absolute Gasteiger partial charge is 0.393 e. The standard InChI is InChI=1S/C21H18BrN7/c22-16-9-10-17(25-12-16)28-20-19(23)21(27-14-26-20)29(18-8-4-5-11-24-18)13-15-6-2-1-3-7-15/h1-12,14H,13,23H2,(H,25,26,27,28). The van der Waals surface area contributed by atoms with Crippen LogP contribution in [0, 0.1) is 0 Å². The number of hydrogen-bond acceptors (Lipinski definition) is 7. The molecule has 0 aliphatic rings. The van der Waals surface area contributed by atoms with Crippen LogP contribution in [-0.2, 0) is 6.54 Å². The van der Waals surface area contributed by atoms with Crippen LogP contribution < -0.4 is 16.0 Å². The van der Waals surface area contributed by atoms with Crippen LogP contribution in [0.5, 0.6) is 0 Å². The Bertz CT molecular complexity index is 1070. The zero-order chi connectivity index (χ0) is 20.1. The van der Waals surface area contributed by atoms with Gasteiger partial charge in [0.1, 0.15) is 23.7 Å². The topological polar surface area (TPSA) is 92.8 Å². The van der Waals surface area contributed by atoms with E-state index < -0.39 is 0 Å². The molecule has 7 nitrogen and oxygen atoms in total. The Morgan fingerprint density at radius 2 is 1.72 bits per heavy atom. The van der Waals surface area contributed by atoms with Gasteiger partial charge in [0.05, 0.1) is 6.54 Å². The summed E-state index contributed by atoms with van der Waals surface area (Å²) in [4.78, 5) is 19.5. The summed E-state index contributed by atoms with van der Waals surface area (Å²) >= 11 is 3.38. The van der Waals surface area contributed by atoms with Crippen molar-refractivity contribution in [3.8, 4) is 0 Å². The molecule has 0 atom stereocenters. The smallest absolute Gasteiger partial charge is 0.163 e. The molecule has 4 aromatic rings. The molecule has 0 fully saturated rings. The van der Waals surface area contributed by atoms with Gasteiger partial charge in [0.25, 0.3) is 0 Å². The Morgan fingerprint density at radius 1 is 0.897 bits per heavy atom. The average Bonchev–Trinajstić information content (AvgIpc) is 2.77. The van der Waals surface area contributed by atoms with Crippen LogP contribution >= 0.6 is 15.9 Å². The number of nitrogen functional groups attached to an aromatic ring is 1. The summed E-state index contributed by atoms with van der Waals surface area (Å²) in [7, 11) is 0. The zero-order valence-corrected chi connectivity index (χ0v) is 17.0. The van der Waals surface area contributed by atoms with E-state index in [9.17, 15) is 0 Å². The molecule has 1 aromatic carbocycles. The number of benzene rings is 1. The second-order valence-corrected chi connectivity index (χ2v) is 7.12. The lowest BCUT2D eigenvalue weighted by molar-refractivity contribution is 0.918. The van der Waals surface area contributed by atoms with E-state index in [2.05, 4.69) is 53.3 Å². The fourth-order valence-electron chi connectivity index (χ4n) is 2.82. The Hall–Kier alpha value is -3.52. The van der Waals surface area contributed by atoms with Gasteiger partial charge in [0.2, 0.25) is 0 Å². The van der Waals surface area contributed by atoms with Crippen molar-refractivity contribution in [3.63, 3.8) is 0 Å². The Kier molecular flexibility index (Phi) is 5.62. The number of nitrogens with one attached hydrogen (secondary N) is 1. The van der Waals surface area contributed by atoms with Gasteiger partial charge in [-0.2, -0.15) is 0 Å². The zero-order valence-electron chi connectivity index (χ0n) is 15.4. The molecule has 0 bridgehead atoms. The second-order valence-electron chi connectivity index (χ2n) is 6.21. The summed E-state index contributed by atoms with van der Waals surface area (Å²) in [6, 6.07) is 19.6. The minimum atomic E-state index is 0.416. The molecule has 4 rings (SSSR count). The van der Waals surface area contributed by atoms with Crippen LogP contribution in [0.25, 0.3) is 0 Å². The molecule has 0 unspecified atom stereocenters. The SMILES string of the molecule is Nc1c(Nc2ccc(Br)cn2)ncnc1N(Cc1ccccc1)c1ccccn1. The van der Waals surface area contributed by atoms with Crippen molar-refractivity contribution in [2.24, 2.45) is 0 Å². The first-order valence-corrected chi connectivity index (χ1v) is 9.71. The highest BCUT2D eigenvalue weighted by Gasteiger charge is 2.18. The lowest BCUT2D eigenvalue weighted by Crippen LogP contribution is -2.21. The predicted octanol–water partition coefficient (Wildman–Crippen LogP) is 4.69. The first kappa shape index (κ1) is 18.8. The Morgan fingerprint density at radius 3 is 2.45 bits per heavy atom. The van der Waals surface area contributed by atoms with Gasteiger partial charge < -0.3 is 16.0 Å². The van der Waals surface area contributed by atoms with Crippen LogP contribution in [0.3, 0.4) is 0 Å². The molecule has 0 amide bonds. The molecule has 29 heavy (non-hydrogen) atoms. The minimum absolute atomic E-state index is 0.416. The molecule has 0 aliphatic carbocycles. The number of pyridine rings is 2. The van der Waals surface area contributed by atoms with E-state index in [0.29, 0.717) is 29.7 Å². The lowest BCUT2D eigenvalue weighted by Gasteiger charge is -2.24. The van der Waals surface area contributed by atoms with Gasteiger partial charge in [-0.25, -0.2) is 19.9 Å². The first-order chi connectivity index (χ1) is 14.2. The minimum Gasteiger partial charge on any atom is -0.393 e. The van der Waals surface area contributed by atoms with Crippen molar-refractivity contribution in [1.82, 2.24) is 19.9 Å². The molecule has 0 aliphatic heterocycles. The van der Waals surface area contributed by atoms with Crippen LogP contribution in [0.4, 0.5) is 29.0 Å². The fourth-order valence-corrected chi connectivity index (χ4v) is 3.05. The summed E-state index contributed by atoms with van der Waals surface area (Å²) in [5.74, 6) is 2.44. The summed E-state index contributed by atoms with van der Waals surface area (Å²) in [5.41, 5.74) is 7.99. The maximum Gasteiger partial charge on any atom is 0.163 e. The Balaban J connectivity index is 1.71. The van der Waals surface area contributed by atoms with Crippen molar-refractivity contribution in [2.75, 3.05) is 16.0 Å². The van der Waals surface area contributed by atoms with E-state index in [-0.39, 0.29) is 0 Å². The maximum absolute atomic E-state index is 6.46. The quantitative estimate of drug-likeness (QED) is 0.442. The average molecular weight is 448 g/mol. The van der Waals surface area contributed by atoms with Gasteiger partial charge in [-0.1, -0.05) is 36.4 Å². The first-order valence-electron chi connectivity index (χ1n) is 8.92. The molecule has 3 N–H and O–H groups in total. The normalized spacial score (nSPS) is 10.5. The van der Waals surface area contributed by atoms with Crippen molar-refractivity contribution in [1.29, 1.82) is 0 Å². The van der Waals surface area contributed by atoms with Crippen molar-refractivity contribution < 1.29 is 0 Å². The summed E-state index contributed by atoms with van der Waals surface area (Å²) < 4.78 is 0.892.